The number of ketones is 5. The molecule has 0 atom stereocenters. The van der Waals surface area contributed by atoms with E-state index in [0.717, 1.165) is 60.9 Å². The van der Waals surface area contributed by atoms with Gasteiger partial charge in [-0.3, -0.25) is 53.3 Å². The SMILES string of the molecule is CC(=O)N1CC(Oc2cc(C)nc(C(=O)Cc3ccc(C)cn3)c2)C1.CC(=O)N1CC(Oc2cc(C)nc(C(=O)Cc3nc(C)cs3)c2)C1.Cc1cc(OC2CN(C(=O)CC(C)C)C2)cc(C(=O)Cc2nc(C)cs2)n1.Cc1ccc(CC(=O)c2cc(OC3CN(S(C)(=O)=O)C3)cc(C)n2)nc1.Cc1ccc(CC(=O)c2cc(OC3CN(S(C)(=O)=O)C3)cc(C)n2)nc1. The molecule has 15 rings (SSSR count). The molecular weight excluding hydrogens is 1720 g/mol. The average molecular weight is 1820 g/mol. The smallest absolute Gasteiger partial charge is 0.223 e. The largest absolute Gasteiger partial charge is 0.488 e. The van der Waals surface area contributed by atoms with E-state index in [9.17, 15) is 55.2 Å². The van der Waals surface area contributed by atoms with Crippen molar-refractivity contribution < 1.29 is 78.9 Å². The Kier molecular flexibility index (Phi) is 32.6. The Bertz CT molecular complexity index is 5770. The molecule has 3 amide bonds. The highest BCUT2D eigenvalue weighted by Crippen LogP contribution is 2.29. The number of carbonyl (C=O) groups is 8. The number of ether oxygens (including phenoxy) is 5. The molecule has 5 saturated heterocycles. The lowest BCUT2D eigenvalue weighted by molar-refractivity contribution is -0.141. The average Bonchev–Trinajstić information content (AvgIpc) is 1.03. The summed E-state index contributed by atoms with van der Waals surface area (Å²) in [6, 6.07) is 28.4. The van der Waals surface area contributed by atoms with Crippen LogP contribution in [0.15, 0.2) is 126 Å². The van der Waals surface area contributed by atoms with Gasteiger partial charge in [-0.2, -0.15) is 8.61 Å². The van der Waals surface area contributed by atoms with E-state index in [1.165, 1.54) is 43.8 Å². The molecule has 128 heavy (non-hydrogen) atoms. The molecule has 0 aromatic carbocycles. The van der Waals surface area contributed by atoms with E-state index in [4.69, 9.17) is 23.7 Å². The minimum atomic E-state index is -3.18. The minimum Gasteiger partial charge on any atom is -0.488 e. The summed E-state index contributed by atoms with van der Waals surface area (Å²) in [5.74, 6) is 3.02. The van der Waals surface area contributed by atoms with E-state index < -0.39 is 20.0 Å². The summed E-state index contributed by atoms with van der Waals surface area (Å²) in [7, 11) is -6.36. The van der Waals surface area contributed by atoms with Crippen LogP contribution < -0.4 is 23.7 Å². The van der Waals surface area contributed by atoms with Crippen LogP contribution in [0.5, 0.6) is 28.7 Å². The normalized spacial score (nSPS) is 14.8. The first-order valence-electron chi connectivity index (χ1n) is 41.7. The number of thiazole rings is 2. The number of hydrogen-bond acceptors (Lipinski definition) is 29. The first kappa shape index (κ1) is 96.7. The van der Waals surface area contributed by atoms with Crippen LogP contribution in [-0.2, 0) is 66.5 Å². The maximum absolute atomic E-state index is 12.5. The van der Waals surface area contributed by atoms with Gasteiger partial charge in [-0.25, -0.2) is 51.7 Å². The van der Waals surface area contributed by atoms with Crippen molar-refractivity contribution in [2.75, 3.05) is 78.0 Å². The second-order valence-corrected chi connectivity index (χ2v) is 38.8. The van der Waals surface area contributed by atoms with Crippen LogP contribution in [0.3, 0.4) is 0 Å². The second kappa shape index (κ2) is 43.2. The predicted molar refractivity (Wildman–Crippen MR) is 481 cm³/mol. The number of carbonyl (C=O) groups excluding carboxylic acids is 8. The number of rotatable bonds is 29. The highest BCUT2D eigenvalue weighted by atomic mass is 32.2. The van der Waals surface area contributed by atoms with Gasteiger partial charge in [-0.05, 0) is 110 Å². The summed E-state index contributed by atoms with van der Waals surface area (Å²) in [6.45, 7) is 30.7. The Balaban J connectivity index is 0.000000155. The molecular formula is C92H107N15O17S4. The van der Waals surface area contributed by atoms with Gasteiger partial charge in [0.2, 0.25) is 37.8 Å². The van der Waals surface area contributed by atoms with Crippen molar-refractivity contribution in [1.82, 2.24) is 73.1 Å². The summed E-state index contributed by atoms with van der Waals surface area (Å²) in [5.41, 5.74) is 12.4. The van der Waals surface area contributed by atoms with Crippen LogP contribution in [-0.4, -0.2) is 245 Å². The first-order valence-corrected chi connectivity index (χ1v) is 47.2. The van der Waals surface area contributed by atoms with Gasteiger partial charge in [-0.15, -0.1) is 22.7 Å². The third kappa shape index (κ3) is 29.0. The monoisotopic (exact) mass is 1820 g/mol. The Morgan fingerprint density at radius 2 is 0.602 bits per heavy atom. The highest BCUT2D eigenvalue weighted by Gasteiger charge is 2.38. The summed E-state index contributed by atoms with van der Waals surface area (Å²) < 4.78 is 77.6. The predicted octanol–water partition coefficient (Wildman–Crippen LogP) is 10.6. The van der Waals surface area contributed by atoms with E-state index in [0.29, 0.717) is 158 Å². The maximum Gasteiger partial charge on any atom is 0.223 e. The van der Waals surface area contributed by atoms with Crippen molar-refractivity contribution in [3.63, 3.8) is 0 Å². The van der Waals surface area contributed by atoms with Crippen molar-refractivity contribution in [3.05, 3.63) is 239 Å². The van der Waals surface area contributed by atoms with Crippen LogP contribution in [0.25, 0.3) is 0 Å². The Morgan fingerprint density at radius 3 is 0.820 bits per heavy atom. The van der Waals surface area contributed by atoms with Gasteiger partial charge in [0.05, 0.1) is 110 Å². The Morgan fingerprint density at radius 1 is 0.352 bits per heavy atom. The standard InChI is InChI=1S/C20H25N3O3S.C19H21N3O3.2C18H21N3O4S.C17H19N3O3S/c1-12(2)5-20(25)23-9-16(10-23)26-15-6-13(3)21-17(7-15)18(24)8-19-22-14(4)11-27-19;1-12-4-5-15(20-9-12)7-19(24)18-8-16(6-13(2)21-18)25-17-10-22(11-17)14(3)23;2*1-12-4-5-14(19-9-12)7-18(22)17-8-15(6-13(2)20-17)25-16-10-21(11-16)26(3,23)24;1-10-4-13(23-14-7-20(8-14)12(3)21)5-15(18-10)16(22)6-17-19-11(2)9-24-17/h6-7,11-12,16H,5,8-10H2,1-4H3;4-6,8-9,17H,7,10-11H2,1-3H3;2*4-6,8-9,16H,7,10-11H2,1-3H3;4-5,9,14H,6-8H2,1-3H3. The quantitative estimate of drug-likeness (QED) is 0.0393. The summed E-state index contributed by atoms with van der Waals surface area (Å²) in [6.07, 6.45) is 8.63. The fraction of sp³-hybridized carbons (Fsp3) is 0.413. The maximum atomic E-state index is 12.5. The molecule has 676 valence electrons. The number of nitrogens with zero attached hydrogens (tertiary/aromatic N) is 15. The second-order valence-electron chi connectivity index (χ2n) is 33.0. The first-order chi connectivity index (χ1) is 60.5. The number of likely N-dealkylation sites (tertiary alicyclic amines) is 3. The number of Topliss-reactive ketones (excluding diaryl/α,β-unsaturated/α-hetero) is 5. The molecule has 36 heteroatoms. The summed E-state index contributed by atoms with van der Waals surface area (Å²) in [5, 5.41) is 5.45. The molecule has 10 aromatic heterocycles. The molecule has 0 aliphatic carbocycles. The Labute approximate surface area is 753 Å². The van der Waals surface area contributed by atoms with Crippen LogP contribution in [0.2, 0.25) is 0 Å². The number of sulfonamides is 2. The molecule has 0 spiro atoms. The van der Waals surface area contributed by atoms with Crippen molar-refractivity contribution >= 4 is 89.4 Å². The van der Waals surface area contributed by atoms with Gasteiger partial charge >= 0.3 is 0 Å². The highest BCUT2D eigenvalue weighted by molar-refractivity contribution is 7.88. The summed E-state index contributed by atoms with van der Waals surface area (Å²) >= 11 is 2.96. The Hall–Kier alpha value is -12.0. The molecule has 0 unspecified atom stereocenters. The zero-order valence-electron chi connectivity index (χ0n) is 74.7. The van der Waals surface area contributed by atoms with Crippen molar-refractivity contribution in [3.8, 4) is 28.7 Å². The summed E-state index contributed by atoms with van der Waals surface area (Å²) in [4.78, 5) is 145. The topological polar surface area (TPSA) is 396 Å². The number of pyridine rings is 8. The number of amides is 3. The molecule has 5 aliphatic heterocycles. The molecule has 5 fully saturated rings. The van der Waals surface area contributed by atoms with E-state index in [1.54, 1.807) is 111 Å². The lowest BCUT2D eigenvalue weighted by Crippen LogP contribution is -2.56. The van der Waals surface area contributed by atoms with Crippen LogP contribution >= 0.6 is 22.7 Å². The number of aromatic nitrogens is 10. The van der Waals surface area contributed by atoms with Crippen molar-refractivity contribution in [1.29, 1.82) is 0 Å². The van der Waals surface area contributed by atoms with Gasteiger partial charge in [0.25, 0.3) is 0 Å². The van der Waals surface area contributed by atoms with E-state index >= 15 is 0 Å². The molecule has 10 aromatic rings. The molecule has 5 aliphatic rings. The molecule has 0 saturated carbocycles. The molecule has 15 heterocycles. The van der Waals surface area contributed by atoms with Crippen LogP contribution in [0.1, 0.15) is 170 Å². The van der Waals surface area contributed by atoms with Gasteiger partial charge in [0.15, 0.2) is 28.9 Å². The van der Waals surface area contributed by atoms with Gasteiger partial charge in [0, 0.05) is 167 Å². The number of aryl methyl sites for hydroxylation is 10. The molecule has 0 radical (unpaired) electrons. The van der Waals surface area contributed by atoms with Crippen molar-refractivity contribution in [2.45, 2.75) is 166 Å². The number of hydrogen-bond donors (Lipinski definition) is 0. The van der Waals surface area contributed by atoms with E-state index in [-0.39, 0.29) is 109 Å². The zero-order chi connectivity index (χ0) is 92.6. The fourth-order valence-corrected chi connectivity index (χ4v) is 16.7. The zero-order valence-corrected chi connectivity index (χ0v) is 77.9. The molecule has 32 nitrogen and oxygen atoms in total. The van der Waals surface area contributed by atoms with Gasteiger partial charge in [-0.1, -0.05) is 32.0 Å². The third-order valence-corrected chi connectivity index (χ3v) is 24.8. The lowest BCUT2D eigenvalue weighted by atomic mass is 10.1. The van der Waals surface area contributed by atoms with Gasteiger partial charge < -0.3 is 38.4 Å². The van der Waals surface area contributed by atoms with Crippen LogP contribution in [0, 0.1) is 75.2 Å². The van der Waals surface area contributed by atoms with Crippen molar-refractivity contribution in [2.24, 2.45) is 5.92 Å². The van der Waals surface area contributed by atoms with E-state index in [2.05, 4.69) is 49.8 Å². The van der Waals surface area contributed by atoms with Gasteiger partial charge in [0.1, 0.15) is 97.8 Å². The molecule has 0 N–H and O–H groups in total. The minimum absolute atomic E-state index is 0.0275. The fourth-order valence-electron chi connectivity index (χ4n) is 13.4. The van der Waals surface area contributed by atoms with E-state index in [1.807, 2.05) is 127 Å². The van der Waals surface area contributed by atoms with Crippen LogP contribution in [0.4, 0.5) is 0 Å². The third-order valence-electron chi connectivity index (χ3n) is 20.4. The molecule has 0 bridgehead atoms. The lowest BCUT2D eigenvalue weighted by Gasteiger charge is -2.39.